The molecule has 0 atom stereocenters. The molecule has 1 aromatic carbocycles. The summed E-state index contributed by atoms with van der Waals surface area (Å²) in [7, 11) is 1.26. The third-order valence-corrected chi connectivity index (χ3v) is 5.52. The first-order valence-corrected chi connectivity index (χ1v) is 9.68. The minimum absolute atomic E-state index is 0.00653. The van der Waals surface area contributed by atoms with Gasteiger partial charge in [0.05, 0.1) is 29.9 Å². The second kappa shape index (κ2) is 7.83. The van der Waals surface area contributed by atoms with E-state index in [9.17, 15) is 18.8 Å². The summed E-state index contributed by atoms with van der Waals surface area (Å²) in [5.74, 6) is -1.24. The Balaban J connectivity index is 2.01. The van der Waals surface area contributed by atoms with Crippen molar-refractivity contribution in [3.05, 3.63) is 68.7 Å². The van der Waals surface area contributed by atoms with Gasteiger partial charge in [0, 0.05) is 12.1 Å². The molecule has 0 spiro atoms. The van der Waals surface area contributed by atoms with Crippen LogP contribution in [0.25, 0.3) is 16.7 Å². The molecule has 2 aromatic heterocycles. The second-order valence-corrected chi connectivity index (χ2v) is 7.43. The van der Waals surface area contributed by atoms with E-state index in [0.29, 0.717) is 31.4 Å². The fourth-order valence-electron chi connectivity index (χ4n) is 3.99. The Bertz CT molecular complexity index is 1240. The minimum Gasteiger partial charge on any atom is -0.465 e. The summed E-state index contributed by atoms with van der Waals surface area (Å²) in [6, 6.07) is 7.01. The Morgan fingerprint density at radius 2 is 1.93 bits per heavy atom. The highest BCUT2D eigenvalue weighted by Gasteiger charge is 2.26. The molecule has 0 saturated heterocycles. The van der Waals surface area contributed by atoms with Crippen LogP contribution in [0.1, 0.15) is 42.1 Å². The van der Waals surface area contributed by atoms with Crippen molar-refractivity contribution in [1.82, 2.24) is 14.1 Å². The van der Waals surface area contributed by atoms with Gasteiger partial charge in [-0.15, -0.1) is 0 Å². The third-order valence-electron chi connectivity index (χ3n) is 5.52. The van der Waals surface area contributed by atoms with Gasteiger partial charge in [-0.05, 0) is 49.9 Å². The maximum atomic E-state index is 13.9. The largest absolute Gasteiger partial charge is 0.465 e. The van der Waals surface area contributed by atoms with Gasteiger partial charge in [0.1, 0.15) is 5.82 Å². The quantitative estimate of drug-likeness (QED) is 0.659. The molecular formula is C21H21FN4O4. The highest BCUT2D eigenvalue weighted by Crippen LogP contribution is 2.26. The van der Waals surface area contributed by atoms with E-state index < -0.39 is 23.0 Å². The Morgan fingerprint density at radius 3 is 2.63 bits per heavy atom. The number of halogens is 1. The van der Waals surface area contributed by atoms with Crippen LogP contribution in [-0.2, 0) is 4.74 Å². The van der Waals surface area contributed by atoms with E-state index in [4.69, 9.17) is 10.5 Å². The van der Waals surface area contributed by atoms with Crippen molar-refractivity contribution in [3.63, 3.8) is 0 Å². The van der Waals surface area contributed by atoms with E-state index in [1.54, 1.807) is 18.2 Å². The Morgan fingerprint density at radius 1 is 1.20 bits per heavy atom. The van der Waals surface area contributed by atoms with E-state index in [1.165, 1.54) is 22.3 Å². The Labute approximate surface area is 170 Å². The average molecular weight is 412 g/mol. The Hall–Kier alpha value is -3.33. The number of benzene rings is 1. The molecule has 4 rings (SSSR count). The van der Waals surface area contributed by atoms with Crippen LogP contribution in [-0.4, -0.2) is 33.2 Å². The summed E-state index contributed by atoms with van der Waals surface area (Å²) < 4.78 is 21.1. The molecule has 0 bridgehead atoms. The lowest BCUT2D eigenvalue weighted by atomic mass is 9.91. The van der Waals surface area contributed by atoms with Crippen molar-refractivity contribution in [2.75, 3.05) is 7.11 Å². The van der Waals surface area contributed by atoms with Gasteiger partial charge in [-0.2, -0.15) is 0 Å². The van der Waals surface area contributed by atoms with Gasteiger partial charge < -0.3 is 10.5 Å². The standard InChI is InChI=1S/C21H21FN4O4/c1-30-20(28)12-3-2-4-16(9-12)25-18-17(10-13(22)11-24-18)19(27)26(21(25)29)15-7-5-14(23)6-8-15/h2-4,9-11,14-15H,5-8,23H2,1H3/t14-,15+. The number of pyridine rings is 1. The number of fused-ring (bicyclic) bond motifs is 1. The lowest BCUT2D eigenvalue weighted by Gasteiger charge is -2.27. The first-order chi connectivity index (χ1) is 14.4. The normalized spacial score (nSPS) is 19.0. The topological polar surface area (TPSA) is 109 Å². The van der Waals surface area contributed by atoms with E-state index in [0.717, 1.165) is 12.3 Å². The molecule has 0 unspecified atom stereocenters. The molecular weight excluding hydrogens is 391 g/mol. The van der Waals surface area contributed by atoms with Gasteiger partial charge >= 0.3 is 11.7 Å². The van der Waals surface area contributed by atoms with Crippen LogP contribution in [0.2, 0.25) is 0 Å². The van der Waals surface area contributed by atoms with Gasteiger partial charge in [-0.3, -0.25) is 9.36 Å². The predicted molar refractivity (Wildman–Crippen MR) is 108 cm³/mol. The molecule has 30 heavy (non-hydrogen) atoms. The molecule has 0 amide bonds. The first kappa shape index (κ1) is 20.0. The van der Waals surface area contributed by atoms with E-state index in [-0.39, 0.29) is 28.7 Å². The molecule has 2 N–H and O–H groups in total. The molecule has 1 aliphatic rings. The number of hydrogen-bond acceptors (Lipinski definition) is 6. The molecule has 1 aliphatic carbocycles. The first-order valence-electron chi connectivity index (χ1n) is 9.68. The van der Waals surface area contributed by atoms with Crippen molar-refractivity contribution in [3.8, 4) is 5.69 Å². The maximum absolute atomic E-state index is 13.9. The van der Waals surface area contributed by atoms with Gasteiger partial charge in [0.15, 0.2) is 5.65 Å². The second-order valence-electron chi connectivity index (χ2n) is 7.43. The number of ether oxygens (including phenoxy) is 1. The van der Waals surface area contributed by atoms with Crippen molar-refractivity contribution in [2.45, 2.75) is 37.8 Å². The highest BCUT2D eigenvalue weighted by atomic mass is 19.1. The van der Waals surface area contributed by atoms with Gasteiger partial charge in [-0.1, -0.05) is 6.07 Å². The fourth-order valence-corrected chi connectivity index (χ4v) is 3.99. The molecule has 0 radical (unpaired) electrons. The lowest BCUT2D eigenvalue weighted by Crippen LogP contribution is -2.44. The molecule has 0 aliphatic heterocycles. The SMILES string of the molecule is COC(=O)c1cccc(-n2c(=O)n([C@H]3CC[C@@H](N)CC3)c(=O)c3cc(F)cnc32)c1. The van der Waals surface area contributed by atoms with Crippen LogP contribution in [0.4, 0.5) is 4.39 Å². The summed E-state index contributed by atoms with van der Waals surface area (Å²) in [5, 5.41) is -0.00653. The number of aromatic nitrogens is 3. The maximum Gasteiger partial charge on any atom is 0.337 e. The number of carbonyl (C=O) groups is 1. The highest BCUT2D eigenvalue weighted by molar-refractivity contribution is 5.90. The zero-order valence-electron chi connectivity index (χ0n) is 16.4. The molecule has 3 aromatic rings. The predicted octanol–water partition coefficient (Wildman–Crippen LogP) is 1.92. The van der Waals surface area contributed by atoms with Crippen LogP contribution in [0.3, 0.4) is 0 Å². The van der Waals surface area contributed by atoms with Gasteiger partial charge in [0.2, 0.25) is 0 Å². The molecule has 1 fully saturated rings. The number of hydrogen-bond donors (Lipinski definition) is 1. The van der Waals surface area contributed by atoms with Gasteiger partial charge in [0.25, 0.3) is 5.56 Å². The van der Waals surface area contributed by atoms with E-state index >= 15 is 0 Å². The monoisotopic (exact) mass is 412 g/mol. The smallest absolute Gasteiger partial charge is 0.337 e. The number of methoxy groups -OCH3 is 1. The zero-order chi connectivity index (χ0) is 21.4. The van der Waals surface area contributed by atoms with Crippen molar-refractivity contribution < 1.29 is 13.9 Å². The van der Waals surface area contributed by atoms with E-state index in [1.807, 2.05) is 0 Å². The minimum atomic E-state index is -0.676. The molecule has 2 heterocycles. The Kier molecular flexibility index (Phi) is 5.21. The number of nitrogens with zero attached hydrogens (tertiary/aromatic N) is 3. The van der Waals surface area contributed by atoms with Crippen LogP contribution in [0, 0.1) is 5.82 Å². The fraction of sp³-hybridized carbons (Fsp3) is 0.333. The van der Waals surface area contributed by atoms with Gasteiger partial charge in [-0.25, -0.2) is 23.5 Å². The summed E-state index contributed by atoms with van der Waals surface area (Å²) >= 11 is 0. The number of nitrogens with two attached hydrogens (primary N) is 1. The average Bonchev–Trinajstić information content (AvgIpc) is 2.75. The van der Waals surface area contributed by atoms with Crippen LogP contribution >= 0.6 is 0 Å². The molecule has 9 heteroatoms. The number of rotatable bonds is 3. The summed E-state index contributed by atoms with van der Waals surface area (Å²) in [6.45, 7) is 0. The zero-order valence-corrected chi connectivity index (χ0v) is 16.4. The van der Waals surface area contributed by atoms with Crippen LogP contribution in [0.5, 0.6) is 0 Å². The third kappa shape index (κ3) is 3.41. The van der Waals surface area contributed by atoms with Crippen molar-refractivity contribution >= 4 is 17.0 Å². The molecule has 8 nitrogen and oxygen atoms in total. The molecule has 1 saturated carbocycles. The van der Waals surface area contributed by atoms with E-state index in [2.05, 4.69) is 4.98 Å². The molecule has 156 valence electrons. The van der Waals surface area contributed by atoms with Crippen LogP contribution < -0.4 is 17.0 Å². The number of carbonyl (C=O) groups excluding carboxylic acids is 1. The summed E-state index contributed by atoms with van der Waals surface area (Å²) in [6.07, 6.45) is 3.48. The van der Waals surface area contributed by atoms with Crippen LogP contribution in [0.15, 0.2) is 46.1 Å². The summed E-state index contributed by atoms with van der Waals surface area (Å²) in [5.41, 5.74) is 5.38. The van der Waals surface area contributed by atoms with Crippen molar-refractivity contribution in [1.29, 1.82) is 0 Å². The van der Waals surface area contributed by atoms with Crippen molar-refractivity contribution in [2.24, 2.45) is 5.73 Å². The summed E-state index contributed by atoms with van der Waals surface area (Å²) in [4.78, 5) is 42.5. The lowest BCUT2D eigenvalue weighted by molar-refractivity contribution is 0.0600. The number of esters is 1.